The highest BCUT2D eigenvalue weighted by atomic mass is 16.1. The maximum absolute atomic E-state index is 11.3. The summed E-state index contributed by atoms with van der Waals surface area (Å²) >= 11 is 0. The van der Waals surface area contributed by atoms with Gasteiger partial charge in [-0.25, -0.2) is 0 Å². The van der Waals surface area contributed by atoms with E-state index in [-0.39, 0.29) is 5.56 Å². The molecule has 0 aromatic carbocycles. The fourth-order valence-corrected chi connectivity index (χ4v) is 1.30. The summed E-state index contributed by atoms with van der Waals surface area (Å²) < 4.78 is 0. The lowest BCUT2D eigenvalue weighted by Gasteiger charge is -2.10. The van der Waals surface area contributed by atoms with Crippen LogP contribution in [0, 0.1) is 5.41 Å². The zero-order valence-corrected chi connectivity index (χ0v) is 7.92. The highest BCUT2D eigenvalue weighted by molar-refractivity contribution is 5.78. The van der Waals surface area contributed by atoms with Crippen LogP contribution in [0.15, 0.2) is 17.1 Å². The molecule has 0 saturated carbocycles. The Labute approximate surface area is 77.3 Å². The molecule has 0 aliphatic carbocycles. The van der Waals surface area contributed by atoms with Crippen molar-refractivity contribution in [3.05, 3.63) is 33.7 Å². The van der Waals surface area contributed by atoms with Crippen molar-refractivity contribution in [3.8, 4) is 0 Å². The van der Waals surface area contributed by atoms with E-state index in [2.05, 4.69) is 18.8 Å². The first-order valence-corrected chi connectivity index (χ1v) is 4.42. The minimum Gasteiger partial charge on any atom is -0.329 e. The number of hydrogen-bond donors (Lipinski definition) is 2. The van der Waals surface area contributed by atoms with E-state index in [0.29, 0.717) is 11.5 Å². The average Bonchev–Trinajstić information content (AvgIpc) is 2.16. The molecule has 1 unspecified atom stereocenters. The monoisotopic (exact) mass is 178 g/mol. The molecule has 13 heavy (non-hydrogen) atoms. The third-order valence-electron chi connectivity index (χ3n) is 2.32. The second-order valence-corrected chi connectivity index (χ2v) is 3.13. The molecule has 2 N–H and O–H groups in total. The topological polar surface area (TPSA) is 56.7 Å². The van der Waals surface area contributed by atoms with Gasteiger partial charge in [0.25, 0.3) is 5.56 Å². The molecule has 1 atom stereocenters. The molecule has 0 spiro atoms. The van der Waals surface area contributed by atoms with Crippen molar-refractivity contribution in [1.29, 1.82) is 5.41 Å². The summed E-state index contributed by atoms with van der Waals surface area (Å²) in [5.74, 6) is 0.332. The van der Waals surface area contributed by atoms with E-state index in [1.54, 1.807) is 6.20 Å². The molecular formula is C10H14N2O. The lowest BCUT2D eigenvalue weighted by atomic mass is 9.96. The fraction of sp³-hybridized carbons (Fsp3) is 0.400. The Bertz CT molecular complexity index is 354. The molecule has 3 heteroatoms. The van der Waals surface area contributed by atoms with Crippen LogP contribution in [0.5, 0.6) is 0 Å². The molecule has 1 aromatic heterocycles. The number of aromatic nitrogens is 1. The maximum Gasteiger partial charge on any atom is 0.257 e. The van der Waals surface area contributed by atoms with Crippen LogP contribution >= 0.6 is 0 Å². The van der Waals surface area contributed by atoms with Crippen molar-refractivity contribution in [2.24, 2.45) is 0 Å². The van der Waals surface area contributed by atoms with Gasteiger partial charge in [-0.05, 0) is 24.0 Å². The van der Waals surface area contributed by atoms with Crippen LogP contribution in [0.1, 0.15) is 37.3 Å². The molecule has 0 bridgehead atoms. The number of nitrogens with one attached hydrogen (secondary N) is 2. The average molecular weight is 178 g/mol. The standard InChI is InChI=1S/C10H14N2O/c1-3-7(2)8-4-5-12-10(13)9(8)6-11/h4-7,11H,3H2,1-2H3,(H,12,13). The molecule has 0 aliphatic rings. The molecule has 0 fully saturated rings. The minimum atomic E-state index is -0.173. The van der Waals surface area contributed by atoms with Gasteiger partial charge in [0.05, 0.1) is 5.56 Å². The van der Waals surface area contributed by atoms with E-state index in [0.717, 1.165) is 18.2 Å². The summed E-state index contributed by atoms with van der Waals surface area (Å²) in [6, 6.07) is 1.87. The molecule has 1 heterocycles. The van der Waals surface area contributed by atoms with Crippen LogP contribution in [-0.4, -0.2) is 11.2 Å². The van der Waals surface area contributed by atoms with Crippen molar-refractivity contribution in [1.82, 2.24) is 4.98 Å². The van der Waals surface area contributed by atoms with Crippen molar-refractivity contribution in [2.45, 2.75) is 26.2 Å². The Morgan fingerprint density at radius 2 is 2.38 bits per heavy atom. The summed E-state index contributed by atoms with van der Waals surface area (Å²) in [4.78, 5) is 13.8. The number of pyridine rings is 1. The zero-order valence-electron chi connectivity index (χ0n) is 7.92. The number of aromatic amines is 1. The Kier molecular flexibility index (Phi) is 3.01. The molecule has 1 rings (SSSR count). The van der Waals surface area contributed by atoms with Gasteiger partial charge < -0.3 is 10.4 Å². The van der Waals surface area contributed by atoms with Gasteiger partial charge in [-0.2, -0.15) is 0 Å². The van der Waals surface area contributed by atoms with Crippen LogP contribution in [0.2, 0.25) is 0 Å². The zero-order chi connectivity index (χ0) is 9.84. The smallest absolute Gasteiger partial charge is 0.257 e. The lowest BCUT2D eigenvalue weighted by Crippen LogP contribution is -2.15. The molecule has 0 amide bonds. The van der Waals surface area contributed by atoms with E-state index in [1.165, 1.54) is 0 Å². The second kappa shape index (κ2) is 4.03. The molecule has 0 radical (unpaired) electrons. The Hall–Kier alpha value is -1.38. The van der Waals surface area contributed by atoms with E-state index >= 15 is 0 Å². The minimum absolute atomic E-state index is 0.173. The van der Waals surface area contributed by atoms with Crippen LogP contribution < -0.4 is 5.56 Å². The molecule has 70 valence electrons. The van der Waals surface area contributed by atoms with Crippen molar-refractivity contribution >= 4 is 6.21 Å². The molecule has 0 saturated heterocycles. The summed E-state index contributed by atoms with van der Waals surface area (Å²) in [6.07, 6.45) is 3.74. The summed E-state index contributed by atoms with van der Waals surface area (Å²) in [6.45, 7) is 4.13. The quantitative estimate of drug-likeness (QED) is 0.682. The van der Waals surface area contributed by atoms with Gasteiger partial charge in [0.2, 0.25) is 0 Å². The second-order valence-electron chi connectivity index (χ2n) is 3.13. The van der Waals surface area contributed by atoms with Crippen LogP contribution in [0.3, 0.4) is 0 Å². The first-order valence-electron chi connectivity index (χ1n) is 4.42. The number of hydrogen-bond acceptors (Lipinski definition) is 2. The first-order chi connectivity index (χ1) is 6.20. The molecular weight excluding hydrogens is 164 g/mol. The van der Waals surface area contributed by atoms with Crippen LogP contribution in [-0.2, 0) is 0 Å². The first kappa shape index (κ1) is 9.71. The van der Waals surface area contributed by atoms with Gasteiger partial charge in [0.1, 0.15) is 0 Å². The van der Waals surface area contributed by atoms with Gasteiger partial charge >= 0.3 is 0 Å². The molecule has 0 aliphatic heterocycles. The van der Waals surface area contributed by atoms with E-state index in [1.807, 2.05) is 6.07 Å². The van der Waals surface area contributed by atoms with Gasteiger partial charge in [-0.15, -0.1) is 0 Å². The SMILES string of the molecule is CCC(C)c1cc[nH]c(=O)c1C=N. The normalized spacial score (nSPS) is 12.5. The largest absolute Gasteiger partial charge is 0.329 e. The number of rotatable bonds is 3. The highest BCUT2D eigenvalue weighted by Gasteiger charge is 2.09. The van der Waals surface area contributed by atoms with Crippen LogP contribution in [0.4, 0.5) is 0 Å². The van der Waals surface area contributed by atoms with E-state index in [9.17, 15) is 4.79 Å². The summed E-state index contributed by atoms with van der Waals surface area (Å²) in [5, 5.41) is 7.15. The lowest BCUT2D eigenvalue weighted by molar-refractivity contribution is 0.729. The Balaban J connectivity index is 3.28. The summed E-state index contributed by atoms with van der Waals surface area (Å²) in [5.41, 5.74) is 1.27. The Morgan fingerprint density at radius 3 is 2.92 bits per heavy atom. The highest BCUT2D eigenvalue weighted by Crippen LogP contribution is 2.18. The van der Waals surface area contributed by atoms with Gasteiger partial charge in [0, 0.05) is 12.4 Å². The van der Waals surface area contributed by atoms with Gasteiger partial charge in [-0.3, -0.25) is 4.79 Å². The Morgan fingerprint density at radius 1 is 1.69 bits per heavy atom. The molecule has 1 aromatic rings. The number of H-pyrrole nitrogens is 1. The maximum atomic E-state index is 11.3. The van der Waals surface area contributed by atoms with E-state index in [4.69, 9.17) is 5.41 Å². The predicted octanol–water partition coefficient (Wildman–Crippen LogP) is 1.89. The third-order valence-corrected chi connectivity index (χ3v) is 2.32. The van der Waals surface area contributed by atoms with Gasteiger partial charge in [-0.1, -0.05) is 13.8 Å². The summed E-state index contributed by atoms with van der Waals surface area (Å²) in [7, 11) is 0. The van der Waals surface area contributed by atoms with Crippen LogP contribution in [0.25, 0.3) is 0 Å². The van der Waals surface area contributed by atoms with Gasteiger partial charge in [0.15, 0.2) is 0 Å². The van der Waals surface area contributed by atoms with Crippen molar-refractivity contribution < 1.29 is 0 Å². The molecule has 3 nitrogen and oxygen atoms in total. The van der Waals surface area contributed by atoms with Crippen molar-refractivity contribution in [3.63, 3.8) is 0 Å². The fourth-order valence-electron chi connectivity index (χ4n) is 1.30. The third kappa shape index (κ3) is 1.86. The van der Waals surface area contributed by atoms with Crippen molar-refractivity contribution in [2.75, 3.05) is 0 Å². The predicted molar refractivity (Wildman–Crippen MR) is 53.7 cm³/mol. The van der Waals surface area contributed by atoms with E-state index < -0.39 is 0 Å².